The van der Waals surface area contributed by atoms with Crippen molar-refractivity contribution in [1.82, 2.24) is 0 Å². The van der Waals surface area contributed by atoms with Crippen LogP contribution in [0.1, 0.15) is 43.2 Å². The molecule has 94 valence electrons. The predicted octanol–water partition coefficient (Wildman–Crippen LogP) is 4.86. The van der Waals surface area contributed by atoms with Crippen LogP contribution >= 0.6 is 11.6 Å². The Hall–Kier alpha value is -0.560. The molecule has 0 aromatic heterocycles. The monoisotopic (exact) mass is 254 g/mol. The van der Waals surface area contributed by atoms with Gasteiger partial charge in [0.25, 0.3) is 0 Å². The summed E-state index contributed by atoms with van der Waals surface area (Å²) >= 11 is 6.28. The van der Waals surface area contributed by atoms with E-state index in [1.165, 1.54) is 30.9 Å². The van der Waals surface area contributed by atoms with Crippen molar-refractivity contribution in [2.45, 2.75) is 50.8 Å². The van der Waals surface area contributed by atoms with Gasteiger partial charge < -0.3 is 0 Å². The molecule has 1 aromatic rings. The van der Waals surface area contributed by atoms with E-state index < -0.39 is 0 Å². The van der Waals surface area contributed by atoms with E-state index >= 15 is 0 Å². The summed E-state index contributed by atoms with van der Waals surface area (Å²) in [6.45, 7) is 2.06. The van der Waals surface area contributed by atoms with Crippen molar-refractivity contribution < 1.29 is 4.39 Å². The first-order valence-electron chi connectivity index (χ1n) is 6.54. The molecule has 1 aromatic carbocycles. The summed E-state index contributed by atoms with van der Waals surface area (Å²) in [6, 6.07) is 5.10. The zero-order valence-electron chi connectivity index (χ0n) is 10.4. The molecule has 0 heterocycles. The van der Waals surface area contributed by atoms with Crippen LogP contribution in [-0.4, -0.2) is 5.38 Å². The van der Waals surface area contributed by atoms with Gasteiger partial charge in [0.15, 0.2) is 0 Å². The highest BCUT2D eigenvalue weighted by Crippen LogP contribution is 2.30. The summed E-state index contributed by atoms with van der Waals surface area (Å²) < 4.78 is 13.2. The van der Waals surface area contributed by atoms with Gasteiger partial charge in [-0.2, -0.15) is 0 Å². The van der Waals surface area contributed by atoms with E-state index in [0.717, 1.165) is 24.8 Å². The molecular formula is C15H20ClF. The average molecular weight is 255 g/mol. The lowest BCUT2D eigenvalue weighted by molar-refractivity contribution is 0.458. The minimum absolute atomic E-state index is 0.123. The maximum atomic E-state index is 13.2. The van der Waals surface area contributed by atoms with Gasteiger partial charge in [0, 0.05) is 5.38 Å². The lowest BCUT2D eigenvalue weighted by atomic mass is 9.90. The molecule has 2 heteroatoms. The highest BCUT2D eigenvalue weighted by molar-refractivity contribution is 6.20. The number of benzene rings is 1. The van der Waals surface area contributed by atoms with E-state index in [2.05, 4.69) is 6.92 Å². The van der Waals surface area contributed by atoms with Gasteiger partial charge in [-0.1, -0.05) is 25.3 Å². The standard InChI is InChI=1S/C15H20ClF/c1-11-6-7-15(17)10-13(11)8-12-4-2-3-5-14(16)9-12/h6-7,10,12,14H,2-5,8-9H2,1H3. The third-order valence-electron chi connectivity index (χ3n) is 3.79. The molecule has 0 nitrogen and oxygen atoms in total. The lowest BCUT2D eigenvalue weighted by Gasteiger charge is -2.17. The van der Waals surface area contributed by atoms with E-state index in [1.54, 1.807) is 6.07 Å². The predicted molar refractivity (Wildman–Crippen MR) is 71.1 cm³/mol. The van der Waals surface area contributed by atoms with Crippen molar-refractivity contribution in [3.05, 3.63) is 35.1 Å². The molecule has 1 aliphatic rings. The largest absolute Gasteiger partial charge is 0.207 e. The smallest absolute Gasteiger partial charge is 0.123 e. The van der Waals surface area contributed by atoms with Crippen LogP contribution in [0.4, 0.5) is 4.39 Å². The van der Waals surface area contributed by atoms with Crippen LogP contribution in [0.15, 0.2) is 18.2 Å². The quantitative estimate of drug-likeness (QED) is 0.522. The second-order valence-corrected chi connectivity index (χ2v) is 5.88. The maximum Gasteiger partial charge on any atom is 0.123 e. The SMILES string of the molecule is Cc1ccc(F)cc1CC1CCCCC(Cl)C1. The molecule has 0 spiro atoms. The van der Waals surface area contributed by atoms with Gasteiger partial charge >= 0.3 is 0 Å². The fourth-order valence-electron chi connectivity index (χ4n) is 2.75. The second-order valence-electron chi connectivity index (χ2n) is 5.26. The van der Waals surface area contributed by atoms with Crippen molar-refractivity contribution in [3.63, 3.8) is 0 Å². The molecule has 2 unspecified atom stereocenters. The third kappa shape index (κ3) is 3.70. The first kappa shape index (κ1) is 12.9. The summed E-state index contributed by atoms with van der Waals surface area (Å²) in [7, 11) is 0. The summed E-state index contributed by atoms with van der Waals surface area (Å²) in [6.07, 6.45) is 6.94. The normalized spacial score (nSPS) is 25.6. The van der Waals surface area contributed by atoms with Crippen LogP contribution in [0.2, 0.25) is 0 Å². The molecule has 1 fully saturated rings. The first-order valence-corrected chi connectivity index (χ1v) is 6.98. The Morgan fingerprint density at radius 2 is 2.06 bits per heavy atom. The molecule has 0 amide bonds. The van der Waals surface area contributed by atoms with Crippen LogP contribution in [-0.2, 0) is 6.42 Å². The zero-order chi connectivity index (χ0) is 12.3. The Morgan fingerprint density at radius 3 is 2.88 bits per heavy atom. The number of hydrogen-bond donors (Lipinski definition) is 0. The lowest BCUT2D eigenvalue weighted by Crippen LogP contribution is -2.09. The van der Waals surface area contributed by atoms with E-state index in [4.69, 9.17) is 11.6 Å². The van der Waals surface area contributed by atoms with Crippen molar-refractivity contribution in [1.29, 1.82) is 0 Å². The molecule has 17 heavy (non-hydrogen) atoms. The number of aryl methyl sites for hydroxylation is 1. The van der Waals surface area contributed by atoms with Crippen molar-refractivity contribution >= 4 is 11.6 Å². The zero-order valence-corrected chi connectivity index (χ0v) is 11.1. The van der Waals surface area contributed by atoms with E-state index in [0.29, 0.717) is 11.3 Å². The van der Waals surface area contributed by atoms with E-state index in [9.17, 15) is 4.39 Å². The molecule has 0 saturated heterocycles. The maximum absolute atomic E-state index is 13.2. The Labute approximate surface area is 108 Å². The van der Waals surface area contributed by atoms with Gasteiger partial charge in [0.05, 0.1) is 0 Å². The van der Waals surface area contributed by atoms with Crippen molar-refractivity contribution in [3.8, 4) is 0 Å². The molecule has 0 aliphatic heterocycles. The molecule has 1 aliphatic carbocycles. The first-order chi connectivity index (χ1) is 8.15. The molecule has 2 rings (SSSR count). The number of halogens is 2. The topological polar surface area (TPSA) is 0 Å². The van der Waals surface area contributed by atoms with Gasteiger partial charge in [0.2, 0.25) is 0 Å². The second kappa shape index (κ2) is 5.86. The summed E-state index contributed by atoms with van der Waals surface area (Å²) in [5.74, 6) is 0.502. The van der Waals surface area contributed by atoms with Crippen LogP contribution in [0.5, 0.6) is 0 Å². The third-order valence-corrected chi connectivity index (χ3v) is 4.18. The van der Waals surface area contributed by atoms with Gasteiger partial charge in [-0.05, 0) is 55.4 Å². The van der Waals surface area contributed by atoms with Crippen LogP contribution < -0.4 is 0 Å². The summed E-state index contributed by atoms with van der Waals surface area (Å²) in [5.41, 5.74) is 2.35. The number of alkyl halides is 1. The summed E-state index contributed by atoms with van der Waals surface area (Å²) in [4.78, 5) is 0. The van der Waals surface area contributed by atoms with Crippen molar-refractivity contribution in [2.75, 3.05) is 0 Å². The minimum atomic E-state index is -0.123. The minimum Gasteiger partial charge on any atom is -0.207 e. The van der Waals surface area contributed by atoms with Crippen LogP contribution in [0, 0.1) is 18.7 Å². The number of rotatable bonds is 2. The highest BCUT2D eigenvalue weighted by atomic mass is 35.5. The molecule has 2 atom stereocenters. The highest BCUT2D eigenvalue weighted by Gasteiger charge is 2.19. The van der Waals surface area contributed by atoms with Gasteiger partial charge in [-0.3, -0.25) is 0 Å². The van der Waals surface area contributed by atoms with E-state index in [1.807, 2.05) is 6.07 Å². The fourth-order valence-corrected chi connectivity index (χ4v) is 3.16. The van der Waals surface area contributed by atoms with Crippen molar-refractivity contribution in [2.24, 2.45) is 5.92 Å². The van der Waals surface area contributed by atoms with Gasteiger partial charge in [-0.15, -0.1) is 11.6 Å². The van der Waals surface area contributed by atoms with Crippen LogP contribution in [0.25, 0.3) is 0 Å². The average Bonchev–Trinajstić information content (AvgIpc) is 2.48. The molecular weight excluding hydrogens is 235 g/mol. The Balaban J connectivity index is 2.06. The fraction of sp³-hybridized carbons (Fsp3) is 0.600. The molecule has 1 saturated carbocycles. The Bertz CT molecular complexity index is 375. The van der Waals surface area contributed by atoms with Gasteiger partial charge in [0.1, 0.15) is 5.82 Å². The molecule has 0 bridgehead atoms. The summed E-state index contributed by atoms with van der Waals surface area (Å²) in [5, 5.41) is 0.316. The van der Waals surface area contributed by atoms with Crippen LogP contribution in [0.3, 0.4) is 0 Å². The molecule has 0 radical (unpaired) electrons. The number of hydrogen-bond acceptors (Lipinski definition) is 0. The Morgan fingerprint density at radius 1 is 1.29 bits per heavy atom. The van der Waals surface area contributed by atoms with Gasteiger partial charge in [-0.25, -0.2) is 4.39 Å². The Kier molecular flexibility index (Phi) is 4.44. The van der Waals surface area contributed by atoms with E-state index in [-0.39, 0.29) is 5.82 Å². The molecule has 0 N–H and O–H groups in total.